The van der Waals surface area contributed by atoms with Gasteiger partial charge in [0.2, 0.25) is 5.91 Å². The van der Waals surface area contributed by atoms with Gasteiger partial charge in [-0.1, -0.05) is 12.1 Å². The number of carbonyl (C=O) groups is 1. The monoisotopic (exact) mass is 310 g/mol. The summed E-state index contributed by atoms with van der Waals surface area (Å²) in [6.07, 6.45) is 0. The summed E-state index contributed by atoms with van der Waals surface area (Å²) in [5, 5.41) is 0. The molecule has 0 spiro atoms. The first-order chi connectivity index (χ1) is 9.88. The maximum atomic E-state index is 13.7. The van der Waals surface area contributed by atoms with Gasteiger partial charge in [-0.2, -0.15) is 0 Å². The first kappa shape index (κ1) is 15.1. The van der Waals surface area contributed by atoms with Crippen molar-refractivity contribution in [3.8, 4) is 0 Å². The molecule has 2 aromatic carbocycles. The van der Waals surface area contributed by atoms with Crippen molar-refractivity contribution in [2.75, 3.05) is 5.73 Å². The van der Waals surface area contributed by atoms with Crippen molar-refractivity contribution >= 4 is 22.4 Å². The zero-order valence-electron chi connectivity index (χ0n) is 10.8. The Bertz CT molecular complexity index is 694. The number of hydrogen-bond acceptors (Lipinski definition) is 3. The molecule has 1 amide bonds. The maximum absolute atomic E-state index is 13.7. The summed E-state index contributed by atoms with van der Waals surface area (Å²) >= 11 is 0. The lowest BCUT2D eigenvalue weighted by Gasteiger charge is -2.07. The Morgan fingerprint density at radius 3 is 2.10 bits per heavy atom. The van der Waals surface area contributed by atoms with Crippen LogP contribution in [0.1, 0.15) is 15.9 Å². The first-order valence-corrected chi connectivity index (χ1v) is 7.22. The number of nitrogen functional groups attached to an aromatic ring is 1. The number of rotatable bonds is 4. The zero-order valence-corrected chi connectivity index (χ0v) is 11.6. The van der Waals surface area contributed by atoms with Crippen molar-refractivity contribution in [1.29, 1.82) is 0 Å². The lowest BCUT2D eigenvalue weighted by Crippen LogP contribution is -2.10. The van der Waals surface area contributed by atoms with Crippen LogP contribution in [0.2, 0.25) is 0 Å². The molecule has 0 aromatic heterocycles. The Balaban J connectivity index is 2.24. The number of anilines is 1. The maximum Gasteiger partial charge on any atom is 0.248 e. The minimum atomic E-state index is -1.90. The summed E-state index contributed by atoms with van der Waals surface area (Å²) < 4.78 is 39.4. The Kier molecular flexibility index (Phi) is 4.32. The fourth-order valence-electron chi connectivity index (χ4n) is 1.79. The second-order valence-electron chi connectivity index (χ2n) is 4.36. The second-order valence-corrected chi connectivity index (χ2v) is 5.75. The Morgan fingerprint density at radius 1 is 1.10 bits per heavy atom. The van der Waals surface area contributed by atoms with E-state index in [-0.39, 0.29) is 11.4 Å². The van der Waals surface area contributed by atoms with E-state index in [9.17, 15) is 17.8 Å². The predicted molar refractivity (Wildman–Crippen MR) is 75.8 cm³/mol. The molecule has 0 aliphatic carbocycles. The predicted octanol–water partition coefficient (Wildman–Crippen LogP) is 1.95. The van der Waals surface area contributed by atoms with Crippen LogP contribution < -0.4 is 11.5 Å². The largest absolute Gasteiger partial charge is 0.399 e. The number of benzene rings is 2. The van der Waals surface area contributed by atoms with Gasteiger partial charge in [0, 0.05) is 11.3 Å². The molecule has 1 atom stereocenters. The van der Waals surface area contributed by atoms with Gasteiger partial charge in [0.1, 0.15) is 16.5 Å². The number of halogens is 2. The molecule has 1 unspecified atom stereocenters. The lowest BCUT2D eigenvalue weighted by molar-refractivity contribution is 0.100. The van der Waals surface area contributed by atoms with Crippen LogP contribution in [0.5, 0.6) is 0 Å². The van der Waals surface area contributed by atoms with Crippen LogP contribution in [-0.4, -0.2) is 10.1 Å². The van der Waals surface area contributed by atoms with E-state index >= 15 is 0 Å². The third-order valence-electron chi connectivity index (χ3n) is 2.78. The number of nitrogens with two attached hydrogens (primary N) is 2. The fourth-order valence-corrected chi connectivity index (χ4v) is 2.98. The molecule has 110 valence electrons. The lowest BCUT2D eigenvalue weighted by atomic mass is 10.1. The molecule has 0 saturated heterocycles. The topological polar surface area (TPSA) is 86.2 Å². The van der Waals surface area contributed by atoms with E-state index in [0.717, 1.165) is 12.1 Å². The normalized spacial score (nSPS) is 12.1. The molecule has 21 heavy (non-hydrogen) atoms. The molecular formula is C14H12F2N2O2S. The highest BCUT2D eigenvalue weighted by Crippen LogP contribution is 2.22. The summed E-state index contributed by atoms with van der Waals surface area (Å²) in [6.45, 7) is 0. The first-order valence-electron chi connectivity index (χ1n) is 5.90. The van der Waals surface area contributed by atoms with E-state index in [1.54, 1.807) is 0 Å². The Labute approximate surface area is 122 Å². The summed E-state index contributed by atoms with van der Waals surface area (Å²) in [6, 6.07) is 7.84. The van der Waals surface area contributed by atoms with Crippen molar-refractivity contribution in [3.05, 3.63) is 59.2 Å². The summed E-state index contributed by atoms with van der Waals surface area (Å²) in [4.78, 5) is 10.4. The van der Waals surface area contributed by atoms with E-state index in [1.165, 1.54) is 24.3 Å². The molecule has 0 radical (unpaired) electrons. The highest BCUT2D eigenvalue weighted by molar-refractivity contribution is 7.84. The highest BCUT2D eigenvalue weighted by atomic mass is 32.2. The van der Waals surface area contributed by atoms with E-state index < -0.39 is 33.2 Å². The standard InChI is InChI=1S/C14H12F2N2O2S/c15-11-5-10(17)6-12(16)13(11)21(20)7-8-1-3-9(4-2-8)14(18)19/h1-6H,7,17H2,(H2,18,19). The Morgan fingerprint density at radius 2 is 1.62 bits per heavy atom. The van der Waals surface area contributed by atoms with Gasteiger partial charge in [-0.3, -0.25) is 9.00 Å². The third kappa shape index (κ3) is 3.43. The summed E-state index contributed by atoms with van der Waals surface area (Å²) in [7, 11) is -1.90. The van der Waals surface area contributed by atoms with E-state index in [4.69, 9.17) is 11.5 Å². The van der Waals surface area contributed by atoms with Crippen LogP contribution in [0.15, 0.2) is 41.3 Å². The molecule has 2 rings (SSSR count). The summed E-state index contributed by atoms with van der Waals surface area (Å²) in [5.74, 6) is -2.56. The van der Waals surface area contributed by atoms with Crippen molar-refractivity contribution in [2.24, 2.45) is 5.73 Å². The van der Waals surface area contributed by atoms with Gasteiger partial charge in [0.25, 0.3) is 0 Å². The van der Waals surface area contributed by atoms with Gasteiger partial charge in [-0.15, -0.1) is 0 Å². The zero-order chi connectivity index (χ0) is 15.6. The van der Waals surface area contributed by atoms with Gasteiger partial charge >= 0.3 is 0 Å². The number of amides is 1. The molecule has 0 heterocycles. The highest BCUT2D eigenvalue weighted by Gasteiger charge is 2.17. The minimum absolute atomic E-state index is 0.0726. The molecule has 0 fully saturated rings. The second kappa shape index (κ2) is 6.01. The average molecular weight is 310 g/mol. The average Bonchev–Trinajstić information content (AvgIpc) is 2.37. The quantitative estimate of drug-likeness (QED) is 0.846. The van der Waals surface area contributed by atoms with Gasteiger partial charge < -0.3 is 11.5 Å². The molecule has 0 bridgehead atoms. The SMILES string of the molecule is NC(=O)c1ccc(CS(=O)c2c(F)cc(N)cc2F)cc1. The van der Waals surface area contributed by atoms with E-state index in [0.29, 0.717) is 11.1 Å². The van der Waals surface area contributed by atoms with Crippen molar-refractivity contribution in [2.45, 2.75) is 10.6 Å². The van der Waals surface area contributed by atoms with Crippen LogP contribution in [0.3, 0.4) is 0 Å². The number of hydrogen-bond donors (Lipinski definition) is 2. The van der Waals surface area contributed by atoms with Gasteiger partial charge in [-0.05, 0) is 29.8 Å². The van der Waals surface area contributed by atoms with E-state index in [1.807, 2.05) is 0 Å². The Hall–Kier alpha value is -2.28. The molecule has 0 aliphatic heterocycles. The molecule has 0 aliphatic rings. The van der Waals surface area contributed by atoms with Crippen LogP contribution in [0.25, 0.3) is 0 Å². The van der Waals surface area contributed by atoms with Crippen molar-refractivity contribution < 1.29 is 17.8 Å². The number of carbonyl (C=O) groups excluding carboxylic acids is 1. The molecule has 7 heteroatoms. The third-order valence-corrected chi connectivity index (χ3v) is 4.23. The van der Waals surface area contributed by atoms with Crippen LogP contribution in [0, 0.1) is 11.6 Å². The molecule has 4 nitrogen and oxygen atoms in total. The van der Waals surface area contributed by atoms with Gasteiger partial charge in [0.05, 0.1) is 16.6 Å². The molecule has 2 aromatic rings. The van der Waals surface area contributed by atoms with Gasteiger partial charge in [0.15, 0.2) is 0 Å². The van der Waals surface area contributed by atoms with Crippen molar-refractivity contribution in [1.82, 2.24) is 0 Å². The summed E-state index contributed by atoms with van der Waals surface area (Å²) in [5.41, 5.74) is 11.2. The molecule has 0 saturated carbocycles. The minimum Gasteiger partial charge on any atom is -0.399 e. The van der Waals surface area contributed by atoms with Gasteiger partial charge in [-0.25, -0.2) is 8.78 Å². The van der Waals surface area contributed by atoms with E-state index in [2.05, 4.69) is 0 Å². The van der Waals surface area contributed by atoms with Crippen LogP contribution in [0.4, 0.5) is 14.5 Å². The van der Waals surface area contributed by atoms with Crippen molar-refractivity contribution in [3.63, 3.8) is 0 Å². The van der Waals surface area contributed by atoms with Crippen LogP contribution >= 0.6 is 0 Å². The molecule has 4 N–H and O–H groups in total. The molecular weight excluding hydrogens is 298 g/mol. The fraction of sp³-hybridized carbons (Fsp3) is 0.0714. The van der Waals surface area contributed by atoms with Crippen LogP contribution in [-0.2, 0) is 16.6 Å². The number of primary amides is 1. The smallest absolute Gasteiger partial charge is 0.248 e.